The Labute approximate surface area is 260 Å². The van der Waals surface area contributed by atoms with E-state index in [2.05, 4.69) is 57.3 Å². The van der Waals surface area contributed by atoms with Crippen molar-refractivity contribution in [2.24, 2.45) is 28.9 Å². The largest absolute Gasteiger partial charge is 0.444 e. The molecule has 4 aliphatic carbocycles. The van der Waals surface area contributed by atoms with Crippen molar-refractivity contribution in [2.75, 3.05) is 17.2 Å². The maximum absolute atomic E-state index is 12.6. The van der Waals surface area contributed by atoms with E-state index in [1.54, 1.807) is 6.20 Å². The third-order valence-electron chi connectivity index (χ3n) is 9.50. The van der Waals surface area contributed by atoms with Crippen LogP contribution < -0.4 is 21.7 Å². The van der Waals surface area contributed by atoms with Gasteiger partial charge >= 0.3 is 6.09 Å². The first-order chi connectivity index (χ1) is 21.1. The van der Waals surface area contributed by atoms with Crippen LogP contribution in [0.1, 0.15) is 69.6 Å². The average Bonchev–Trinajstić information content (AvgIpc) is 3.00. The van der Waals surface area contributed by atoms with Crippen LogP contribution in [0.5, 0.6) is 0 Å². The zero-order valence-corrected chi connectivity index (χ0v) is 25.9. The van der Waals surface area contributed by atoms with Gasteiger partial charge in [0.1, 0.15) is 23.1 Å². The van der Waals surface area contributed by atoms with E-state index in [0.29, 0.717) is 48.2 Å². The number of ether oxygens (including phenoxy) is 1. The molecule has 0 saturated heterocycles. The molecule has 2 aromatic carbocycles. The van der Waals surface area contributed by atoms with Gasteiger partial charge in [0, 0.05) is 25.7 Å². The summed E-state index contributed by atoms with van der Waals surface area (Å²) in [5, 5.41) is 19.9. The molecule has 3 unspecified atom stereocenters. The fourth-order valence-corrected chi connectivity index (χ4v) is 7.96. The highest BCUT2D eigenvalue weighted by molar-refractivity contribution is 5.68. The maximum Gasteiger partial charge on any atom is 0.407 e. The Hall–Kier alpha value is -4.16. The van der Waals surface area contributed by atoms with Crippen molar-refractivity contribution in [3.05, 3.63) is 71.4 Å². The number of rotatable bonds is 9. The molecule has 0 spiro atoms. The lowest BCUT2D eigenvalue weighted by molar-refractivity contribution is -0.0703. The minimum atomic E-state index is -0.508. The van der Waals surface area contributed by atoms with Gasteiger partial charge in [0.25, 0.3) is 0 Å². The molecule has 1 amide bonds. The van der Waals surface area contributed by atoms with Crippen LogP contribution in [-0.2, 0) is 17.8 Å². The Balaban J connectivity index is 1.10. The van der Waals surface area contributed by atoms with Gasteiger partial charge in [-0.05, 0) is 110 Å². The normalized spacial score (nSPS) is 25.2. The molecular weight excluding hydrogens is 550 g/mol. The van der Waals surface area contributed by atoms with Crippen molar-refractivity contribution in [2.45, 2.75) is 77.6 Å². The number of nitrogens with zero attached hydrogens (tertiary/aromatic N) is 3. The number of carbonyl (C=O) groups is 1. The molecule has 7 rings (SSSR count). The second kappa shape index (κ2) is 12.1. The van der Waals surface area contributed by atoms with Crippen molar-refractivity contribution < 1.29 is 9.53 Å². The van der Waals surface area contributed by atoms with Crippen LogP contribution in [0.4, 0.5) is 16.6 Å². The molecule has 4 bridgehead atoms. The highest BCUT2D eigenvalue weighted by Crippen LogP contribution is 2.60. The van der Waals surface area contributed by atoms with Gasteiger partial charge in [-0.3, -0.25) is 0 Å². The number of nitrogens with one attached hydrogen (secondary N) is 3. The van der Waals surface area contributed by atoms with E-state index in [0.717, 1.165) is 54.5 Å². The fraction of sp³-hybridized carbons (Fsp3) is 0.486. The summed E-state index contributed by atoms with van der Waals surface area (Å²) in [6.07, 6.45) is 6.87. The summed E-state index contributed by atoms with van der Waals surface area (Å²) in [7, 11) is 0. The number of carbonyl (C=O) groups excluding carboxylic acids is 1. The molecule has 5 N–H and O–H groups in total. The van der Waals surface area contributed by atoms with Gasteiger partial charge in [0.05, 0.1) is 6.20 Å². The molecule has 4 saturated carbocycles. The zero-order chi connectivity index (χ0) is 30.9. The van der Waals surface area contributed by atoms with E-state index in [1.807, 2.05) is 39.0 Å². The van der Waals surface area contributed by atoms with Crippen LogP contribution in [0.15, 0.2) is 54.7 Å². The van der Waals surface area contributed by atoms with Crippen molar-refractivity contribution in [1.29, 1.82) is 5.26 Å². The molecule has 1 heterocycles. The lowest BCUT2D eigenvalue weighted by Crippen LogP contribution is -2.60. The lowest BCUT2D eigenvalue weighted by Gasteiger charge is -2.60. The highest BCUT2D eigenvalue weighted by atomic mass is 16.6. The predicted octanol–water partition coefficient (Wildman–Crippen LogP) is 6.22. The van der Waals surface area contributed by atoms with Gasteiger partial charge < -0.3 is 26.4 Å². The lowest BCUT2D eigenvalue weighted by atomic mass is 9.48. The van der Waals surface area contributed by atoms with Crippen molar-refractivity contribution in [3.8, 4) is 17.2 Å². The SMILES string of the molecule is CC(C)(C)OC(=O)NC1[C@@H]2CC3C[C@H]1CC(CNc1nc(NCc4cccc(-c5cccc(CN)c5)c4)ncc1C#N)(C3)C2. The number of nitriles is 1. The molecule has 3 aromatic rings. The standard InChI is InChI=1S/C35H43N7O2/c1-34(2,3)44-33(43)41-30-27-12-24-13-28(30)16-35(14-24,15-27)21-40-31-29(18-37)20-39-32(42-31)38-19-23-7-5-9-26(11-23)25-8-4-6-22(10-25)17-36/h4-11,20,24,27-28,30H,12-17,19,21,36H2,1-3H3,(H,41,43)(H2,38,39,40,42)/t24?,27-,28+,30?,35?. The Morgan fingerprint density at radius 3 is 2.39 bits per heavy atom. The van der Waals surface area contributed by atoms with Gasteiger partial charge in [-0.15, -0.1) is 0 Å². The maximum atomic E-state index is 12.6. The van der Waals surface area contributed by atoms with Crippen LogP contribution in [0.25, 0.3) is 11.1 Å². The summed E-state index contributed by atoms with van der Waals surface area (Å²) in [5.41, 5.74) is 10.4. The van der Waals surface area contributed by atoms with E-state index in [9.17, 15) is 10.1 Å². The number of anilines is 2. The number of amides is 1. The monoisotopic (exact) mass is 593 g/mol. The number of alkyl carbamates (subject to hydrolysis) is 1. The van der Waals surface area contributed by atoms with Crippen molar-refractivity contribution in [3.63, 3.8) is 0 Å². The van der Waals surface area contributed by atoms with E-state index < -0.39 is 5.60 Å². The second-order valence-electron chi connectivity index (χ2n) is 14.0. The van der Waals surface area contributed by atoms with E-state index in [-0.39, 0.29) is 17.6 Å². The molecule has 9 nitrogen and oxygen atoms in total. The first-order valence-corrected chi connectivity index (χ1v) is 15.7. The number of benzene rings is 2. The van der Waals surface area contributed by atoms with Crippen LogP contribution >= 0.6 is 0 Å². The molecule has 1 aromatic heterocycles. The summed E-state index contributed by atoms with van der Waals surface area (Å²) in [5.74, 6) is 2.62. The number of aromatic nitrogens is 2. The van der Waals surface area contributed by atoms with Gasteiger partial charge in [-0.25, -0.2) is 9.78 Å². The summed E-state index contributed by atoms with van der Waals surface area (Å²) in [6, 6.07) is 19.1. The molecule has 9 heteroatoms. The van der Waals surface area contributed by atoms with Crippen LogP contribution in [-0.4, -0.2) is 34.2 Å². The summed E-state index contributed by atoms with van der Waals surface area (Å²) < 4.78 is 5.58. The first kappa shape index (κ1) is 29.9. The van der Waals surface area contributed by atoms with Crippen molar-refractivity contribution >= 4 is 17.9 Å². The molecule has 0 aliphatic heterocycles. The highest BCUT2D eigenvalue weighted by Gasteiger charge is 2.55. The molecule has 4 fully saturated rings. The molecule has 5 atom stereocenters. The van der Waals surface area contributed by atoms with E-state index in [4.69, 9.17) is 15.5 Å². The average molecular weight is 594 g/mol. The zero-order valence-electron chi connectivity index (χ0n) is 25.9. The third-order valence-corrected chi connectivity index (χ3v) is 9.50. The second-order valence-corrected chi connectivity index (χ2v) is 14.0. The van der Waals surface area contributed by atoms with Crippen LogP contribution in [0.3, 0.4) is 0 Å². The summed E-state index contributed by atoms with van der Waals surface area (Å²) >= 11 is 0. The smallest absolute Gasteiger partial charge is 0.407 e. The number of hydrogen-bond acceptors (Lipinski definition) is 8. The van der Waals surface area contributed by atoms with Gasteiger partial charge in [0.15, 0.2) is 0 Å². The van der Waals surface area contributed by atoms with Crippen LogP contribution in [0.2, 0.25) is 0 Å². The minimum Gasteiger partial charge on any atom is -0.444 e. The summed E-state index contributed by atoms with van der Waals surface area (Å²) in [4.78, 5) is 21.7. The molecule has 44 heavy (non-hydrogen) atoms. The topological polar surface area (TPSA) is 138 Å². The molecule has 4 aliphatic rings. The summed E-state index contributed by atoms with van der Waals surface area (Å²) in [6.45, 7) is 7.51. The first-order valence-electron chi connectivity index (χ1n) is 15.7. The van der Waals surface area contributed by atoms with Gasteiger partial charge in [-0.1, -0.05) is 36.4 Å². The Morgan fingerprint density at radius 1 is 1.05 bits per heavy atom. The quantitative estimate of drug-likeness (QED) is 0.230. The van der Waals surface area contributed by atoms with Gasteiger partial charge in [-0.2, -0.15) is 10.2 Å². The van der Waals surface area contributed by atoms with Gasteiger partial charge in [0.2, 0.25) is 5.95 Å². The van der Waals surface area contributed by atoms with E-state index in [1.165, 1.54) is 6.42 Å². The predicted molar refractivity (Wildman–Crippen MR) is 171 cm³/mol. The third kappa shape index (κ3) is 6.66. The minimum absolute atomic E-state index is 0.134. The fourth-order valence-electron chi connectivity index (χ4n) is 7.96. The number of hydrogen-bond donors (Lipinski definition) is 4. The Morgan fingerprint density at radius 2 is 1.73 bits per heavy atom. The Kier molecular flexibility index (Phi) is 8.21. The van der Waals surface area contributed by atoms with Crippen molar-refractivity contribution in [1.82, 2.24) is 15.3 Å². The number of nitrogens with two attached hydrogens (primary N) is 1. The van der Waals surface area contributed by atoms with E-state index >= 15 is 0 Å². The molecule has 230 valence electrons. The molecular formula is C35H43N7O2. The Bertz CT molecular complexity index is 1540. The molecule has 0 radical (unpaired) electrons. The van der Waals surface area contributed by atoms with Crippen LogP contribution in [0, 0.1) is 34.5 Å².